The average molecular weight is 624 g/mol. The topological polar surface area (TPSA) is 108 Å². The molecule has 1 aromatic carbocycles. The molecule has 2 atom stereocenters. The lowest BCUT2D eigenvalue weighted by Gasteiger charge is -2.31. The Morgan fingerprint density at radius 2 is 1.85 bits per heavy atom. The number of nitrogens with one attached hydrogen (secondary N) is 1. The summed E-state index contributed by atoms with van der Waals surface area (Å²) in [5.41, 5.74) is 5.91. The number of nitrogens with zero attached hydrogens (tertiary/aromatic N) is 5. The predicted octanol–water partition coefficient (Wildman–Crippen LogP) is 4.94. The summed E-state index contributed by atoms with van der Waals surface area (Å²) in [4.78, 5) is 51.1. The average Bonchev–Trinajstić information content (AvgIpc) is 3.87. The molecule has 1 unspecified atom stereocenters. The lowest BCUT2D eigenvalue weighted by molar-refractivity contribution is -0.488. The maximum Gasteiger partial charge on any atom is 0.411 e. The Balaban J connectivity index is 1.34. The lowest BCUT2D eigenvalue weighted by atomic mass is 10.1. The summed E-state index contributed by atoms with van der Waals surface area (Å²) in [7, 11) is 3.40. The van der Waals surface area contributed by atoms with Crippen LogP contribution >= 0.6 is 0 Å². The Morgan fingerprint density at radius 3 is 2.43 bits per heavy atom. The van der Waals surface area contributed by atoms with Gasteiger partial charge in [0, 0.05) is 51.1 Å². The third kappa shape index (κ3) is 7.39. The molecule has 0 bridgehead atoms. The van der Waals surface area contributed by atoms with Crippen LogP contribution in [0.15, 0.2) is 61.4 Å². The van der Waals surface area contributed by atoms with Crippen molar-refractivity contribution in [3.63, 3.8) is 0 Å². The molecular formula is C36H43N6O4+. The number of aryl methyl sites for hydroxylation is 2. The van der Waals surface area contributed by atoms with Crippen molar-refractivity contribution in [3.05, 3.63) is 95.1 Å². The molecule has 240 valence electrons. The van der Waals surface area contributed by atoms with Crippen molar-refractivity contribution in [1.82, 2.24) is 19.8 Å². The second-order valence-corrected chi connectivity index (χ2v) is 12.6. The van der Waals surface area contributed by atoms with Crippen molar-refractivity contribution in [3.8, 4) is 5.75 Å². The second-order valence-electron chi connectivity index (χ2n) is 12.6. The van der Waals surface area contributed by atoms with Crippen molar-refractivity contribution in [2.24, 2.45) is 0 Å². The summed E-state index contributed by atoms with van der Waals surface area (Å²) in [6, 6.07) is 11.2. The molecule has 0 saturated heterocycles. The van der Waals surface area contributed by atoms with E-state index in [1.54, 1.807) is 43.1 Å². The van der Waals surface area contributed by atoms with Crippen molar-refractivity contribution < 1.29 is 23.7 Å². The largest absolute Gasteiger partial charge is 0.481 e. The molecule has 1 fully saturated rings. The van der Waals surface area contributed by atoms with Crippen molar-refractivity contribution in [2.75, 3.05) is 39.0 Å². The Labute approximate surface area is 270 Å². The molecule has 5 rings (SSSR count). The Bertz CT molecular complexity index is 1690. The van der Waals surface area contributed by atoms with Crippen LogP contribution in [0.1, 0.15) is 81.9 Å². The van der Waals surface area contributed by atoms with Gasteiger partial charge in [0.15, 0.2) is 17.9 Å². The number of pyridine rings is 2. The quantitative estimate of drug-likeness (QED) is 0.252. The van der Waals surface area contributed by atoms with Crippen LogP contribution in [-0.4, -0.2) is 87.5 Å². The van der Waals surface area contributed by atoms with E-state index >= 15 is 0 Å². The molecular weight excluding hydrogens is 580 g/mol. The van der Waals surface area contributed by atoms with Crippen molar-refractivity contribution >= 4 is 29.1 Å². The van der Waals surface area contributed by atoms with Crippen LogP contribution in [0.5, 0.6) is 5.75 Å². The van der Waals surface area contributed by atoms with Gasteiger partial charge in [-0.2, -0.15) is 4.58 Å². The minimum absolute atomic E-state index is 0.0138. The Hall–Kier alpha value is -4.70. The van der Waals surface area contributed by atoms with E-state index in [1.165, 1.54) is 29.4 Å². The van der Waals surface area contributed by atoms with Crippen LogP contribution in [0, 0.1) is 13.8 Å². The fraction of sp³-hybridized carbons (Fsp3) is 0.389. The first-order valence-corrected chi connectivity index (χ1v) is 15.7. The zero-order valence-electron chi connectivity index (χ0n) is 27.5. The third-order valence-electron chi connectivity index (χ3n) is 8.53. The third-order valence-corrected chi connectivity index (χ3v) is 8.53. The number of anilines is 1. The van der Waals surface area contributed by atoms with E-state index in [-0.39, 0.29) is 29.5 Å². The molecule has 3 amide bonds. The number of hydrogen-bond acceptors (Lipinski definition) is 7. The maximum atomic E-state index is 13.2. The number of benzene rings is 1. The Morgan fingerprint density at radius 1 is 1.09 bits per heavy atom. The molecule has 10 nitrogen and oxygen atoms in total. The summed E-state index contributed by atoms with van der Waals surface area (Å²) in [6.07, 6.45) is 6.88. The minimum Gasteiger partial charge on any atom is -0.481 e. The summed E-state index contributed by atoms with van der Waals surface area (Å²) in [5, 5.41) is 2.93. The highest BCUT2D eigenvalue weighted by atomic mass is 16.5. The van der Waals surface area contributed by atoms with Crippen LogP contribution in [0.2, 0.25) is 0 Å². The smallest absolute Gasteiger partial charge is 0.411 e. The van der Waals surface area contributed by atoms with E-state index in [0.717, 1.165) is 17.0 Å². The fourth-order valence-electron chi connectivity index (χ4n) is 6.02. The molecule has 46 heavy (non-hydrogen) atoms. The van der Waals surface area contributed by atoms with Crippen LogP contribution in [0.25, 0.3) is 0 Å². The summed E-state index contributed by atoms with van der Waals surface area (Å²) in [5.74, 6) is 0.590. The summed E-state index contributed by atoms with van der Waals surface area (Å²) in [6.45, 7) is 13.2. The number of rotatable bonds is 10. The molecule has 10 heteroatoms. The highest BCUT2D eigenvalue weighted by Gasteiger charge is 2.35. The molecule has 3 aromatic rings. The van der Waals surface area contributed by atoms with Gasteiger partial charge in [-0.1, -0.05) is 12.6 Å². The molecule has 0 radical (unpaired) electrons. The SMILES string of the molecule is C=CC(=O)[N+]1=C(C)CN(CC(Oc2cnc(C(=O)Nc3ccc(C(=O)N(C)C)cc3C)c(C)c2)c2ccc(C3CC3)cn2)C[C@@H]1C. The highest BCUT2D eigenvalue weighted by molar-refractivity contribution is 6.04. The van der Waals surface area contributed by atoms with Gasteiger partial charge < -0.3 is 15.0 Å². The van der Waals surface area contributed by atoms with Gasteiger partial charge >= 0.3 is 5.91 Å². The minimum atomic E-state index is -0.401. The number of hydrogen-bond donors (Lipinski definition) is 1. The summed E-state index contributed by atoms with van der Waals surface area (Å²) >= 11 is 0. The standard InChI is InChI=1S/C36H42N6O4/c1-8-33(43)42-24(4)19-41(20-25(42)5)21-32(31-14-12-28(17-37-31)26-9-10-26)46-29-16-23(3)34(38-18-29)35(44)39-30-13-11-27(15-22(30)2)36(45)40(6)7/h8,11-18,24,26,32H,1,9-10,19-21H2,2-7H3/p+1/t24-,32?/m0/s1. The van der Waals surface area contributed by atoms with E-state index in [2.05, 4.69) is 27.8 Å². The number of aromatic nitrogens is 2. The van der Waals surface area contributed by atoms with Gasteiger partial charge in [-0.25, -0.2) is 9.78 Å². The number of amides is 3. The van der Waals surface area contributed by atoms with E-state index < -0.39 is 6.10 Å². The first-order chi connectivity index (χ1) is 21.9. The number of carbonyl (C=O) groups excluding carboxylic acids is 3. The van der Waals surface area contributed by atoms with Crippen LogP contribution in [-0.2, 0) is 4.79 Å². The van der Waals surface area contributed by atoms with E-state index in [9.17, 15) is 14.4 Å². The number of carbonyl (C=O) groups is 3. The first-order valence-electron chi connectivity index (χ1n) is 15.7. The predicted molar refractivity (Wildman–Crippen MR) is 178 cm³/mol. The molecule has 1 aliphatic carbocycles. The monoisotopic (exact) mass is 623 g/mol. The van der Waals surface area contributed by atoms with Gasteiger partial charge in [-0.05, 0) is 86.6 Å². The molecule has 2 aromatic heterocycles. The highest BCUT2D eigenvalue weighted by Crippen LogP contribution is 2.40. The van der Waals surface area contributed by atoms with Crippen LogP contribution in [0.4, 0.5) is 5.69 Å². The van der Waals surface area contributed by atoms with Crippen LogP contribution < -0.4 is 10.1 Å². The Kier molecular flexibility index (Phi) is 9.76. The van der Waals surface area contributed by atoms with Gasteiger partial charge in [-0.15, -0.1) is 0 Å². The zero-order chi connectivity index (χ0) is 33.1. The van der Waals surface area contributed by atoms with E-state index in [0.29, 0.717) is 48.1 Å². The van der Waals surface area contributed by atoms with E-state index in [4.69, 9.17) is 9.72 Å². The summed E-state index contributed by atoms with van der Waals surface area (Å²) < 4.78 is 8.36. The van der Waals surface area contributed by atoms with Gasteiger partial charge in [0.25, 0.3) is 11.8 Å². The van der Waals surface area contributed by atoms with Crippen LogP contribution in [0.3, 0.4) is 0 Å². The number of ether oxygens (including phenoxy) is 1. The van der Waals surface area contributed by atoms with Crippen molar-refractivity contribution in [1.29, 1.82) is 0 Å². The molecule has 1 aliphatic heterocycles. The van der Waals surface area contributed by atoms with Gasteiger partial charge in [-0.3, -0.25) is 19.5 Å². The van der Waals surface area contributed by atoms with Crippen molar-refractivity contribution in [2.45, 2.75) is 58.6 Å². The van der Waals surface area contributed by atoms with Gasteiger partial charge in [0.1, 0.15) is 11.4 Å². The molecule has 0 spiro atoms. The fourth-order valence-corrected chi connectivity index (χ4v) is 6.02. The van der Waals surface area contributed by atoms with E-state index in [1.807, 2.05) is 46.0 Å². The lowest BCUT2D eigenvalue weighted by Crippen LogP contribution is -2.51. The maximum absolute atomic E-state index is 13.2. The molecule has 2 aliphatic rings. The van der Waals surface area contributed by atoms with Gasteiger partial charge in [0.05, 0.1) is 25.0 Å². The molecule has 1 N–H and O–H groups in total. The zero-order valence-corrected chi connectivity index (χ0v) is 27.5. The first kappa shape index (κ1) is 32.7. The normalized spacial score (nSPS) is 17.3. The second kappa shape index (κ2) is 13.7. The molecule has 3 heterocycles. The molecule has 1 saturated carbocycles. The van der Waals surface area contributed by atoms with Gasteiger partial charge in [0.2, 0.25) is 0 Å².